The summed E-state index contributed by atoms with van der Waals surface area (Å²) in [6.07, 6.45) is 1.52. The predicted octanol–water partition coefficient (Wildman–Crippen LogP) is 3.98. The fourth-order valence-electron chi connectivity index (χ4n) is 3.72. The van der Waals surface area contributed by atoms with Crippen molar-refractivity contribution in [3.63, 3.8) is 0 Å². The van der Waals surface area contributed by atoms with Crippen molar-refractivity contribution >= 4 is 29.7 Å². The van der Waals surface area contributed by atoms with Gasteiger partial charge < -0.3 is 14.6 Å². The van der Waals surface area contributed by atoms with Gasteiger partial charge in [-0.3, -0.25) is 9.59 Å². The van der Waals surface area contributed by atoms with E-state index < -0.39 is 17.8 Å². The van der Waals surface area contributed by atoms with Crippen molar-refractivity contribution < 1.29 is 19.1 Å². The Bertz CT molecular complexity index is 1240. The molecule has 2 amide bonds. The van der Waals surface area contributed by atoms with Crippen molar-refractivity contribution in [2.45, 2.75) is 34.6 Å². The van der Waals surface area contributed by atoms with E-state index in [1.807, 2.05) is 26.0 Å². The molecule has 8 nitrogen and oxygen atoms in total. The molecule has 0 spiro atoms. The highest BCUT2D eigenvalue weighted by atomic mass is 16.5. The van der Waals surface area contributed by atoms with E-state index in [9.17, 15) is 14.4 Å². The van der Waals surface area contributed by atoms with Gasteiger partial charge in [0.15, 0.2) is 0 Å². The van der Waals surface area contributed by atoms with Gasteiger partial charge in [-0.25, -0.2) is 10.2 Å². The van der Waals surface area contributed by atoms with Crippen molar-refractivity contribution in [1.82, 2.24) is 9.99 Å². The highest BCUT2D eigenvalue weighted by molar-refractivity contribution is 6.39. The number of ether oxygens (including phenoxy) is 1. The number of hydrogen-bond acceptors (Lipinski definition) is 5. The maximum Gasteiger partial charge on any atom is 0.338 e. The minimum Gasteiger partial charge on any atom is -0.462 e. The standard InChI is InChI=1S/C26H28N4O4/c1-6-34-26(33)20-10-12-22(13-11-20)28-24(31)25(32)29-27-15-21-14-18(4)30(19(21)5)23-16(2)8-7-9-17(23)3/h7-15H,6H2,1-5H3,(H,28,31)(H,29,32)/b27-15-. The molecule has 0 fully saturated rings. The molecular weight excluding hydrogens is 432 g/mol. The number of rotatable bonds is 6. The van der Waals surface area contributed by atoms with Crippen LogP contribution in [0.1, 0.15) is 45.4 Å². The van der Waals surface area contributed by atoms with Crippen molar-refractivity contribution in [3.05, 3.63) is 82.2 Å². The molecule has 0 aliphatic carbocycles. The quantitative estimate of drug-likeness (QED) is 0.251. The molecule has 2 aromatic carbocycles. The SMILES string of the molecule is CCOC(=O)c1ccc(NC(=O)C(=O)N/N=C\c2cc(C)n(-c3c(C)cccc3C)c2C)cc1. The molecule has 8 heteroatoms. The van der Waals surface area contributed by atoms with Gasteiger partial charge in [0, 0.05) is 22.6 Å². The number of nitrogens with zero attached hydrogens (tertiary/aromatic N) is 2. The molecule has 34 heavy (non-hydrogen) atoms. The van der Waals surface area contributed by atoms with E-state index in [2.05, 4.69) is 46.4 Å². The molecule has 3 aromatic rings. The van der Waals surface area contributed by atoms with Gasteiger partial charge in [-0.1, -0.05) is 18.2 Å². The van der Waals surface area contributed by atoms with E-state index in [-0.39, 0.29) is 6.61 Å². The lowest BCUT2D eigenvalue weighted by Gasteiger charge is -2.15. The Kier molecular flexibility index (Phi) is 7.63. The Labute approximate surface area is 198 Å². The van der Waals surface area contributed by atoms with E-state index in [4.69, 9.17) is 4.74 Å². The van der Waals surface area contributed by atoms with Crippen LogP contribution in [0.2, 0.25) is 0 Å². The van der Waals surface area contributed by atoms with Gasteiger partial charge in [0.25, 0.3) is 0 Å². The third-order valence-corrected chi connectivity index (χ3v) is 5.36. The Morgan fingerprint density at radius 1 is 0.971 bits per heavy atom. The summed E-state index contributed by atoms with van der Waals surface area (Å²) in [5.74, 6) is -2.24. The maximum absolute atomic E-state index is 12.2. The van der Waals surface area contributed by atoms with E-state index in [1.165, 1.54) is 30.5 Å². The zero-order valence-corrected chi connectivity index (χ0v) is 19.9. The van der Waals surface area contributed by atoms with Crippen LogP contribution in [0, 0.1) is 27.7 Å². The number of aromatic nitrogens is 1. The van der Waals surface area contributed by atoms with Crippen LogP contribution in [-0.2, 0) is 14.3 Å². The van der Waals surface area contributed by atoms with Crippen molar-refractivity contribution in [2.24, 2.45) is 5.10 Å². The maximum atomic E-state index is 12.2. The molecule has 0 bridgehead atoms. The molecule has 0 atom stereocenters. The summed E-state index contributed by atoms with van der Waals surface area (Å²) in [4.78, 5) is 36.0. The summed E-state index contributed by atoms with van der Waals surface area (Å²) in [7, 11) is 0. The third kappa shape index (κ3) is 5.40. The fraction of sp³-hybridized carbons (Fsp3) is 0.231. The Balaban J connectivity index is 1.65. The van der Waals surface area contributed by atoms with Crippen LogP contribution in [-0.4, -0.2) is 35.2 Å². The van der Waals surface area contributed by atoms with Crippen molar-refractivity contribution in [1.29, 1.82) is 0 Å². The lowest BCUT2D eigenvalue weighted by Crippen LogP contribution is -2.32. The smallest absolute Gasteiger partial charge is 0.338 e. The number of carbonyl (C=O) groups excluding carboxylic acids is 3. The molecule has 2 N–H and O–H groups in total. The zero-order valence-electron chi connectivity index (χ0n) is 19.9. The minimum atomic E-state index is -0.908. The second kappa shape index (κ2) is 10.6. The largest absolute Gasteiger partial charge is 0.462 e. The molecule has 0 saturated heterocycles. The Morgan fingerprint density at radius 2 is 1.62 bits per heavy atom. The van der Waals surface area contributed by atoms with Crippen LogP contribution in [0.5, 0.6) is 0 Å². The Morgan fingerprint density at radius 3 is 2.24 bits per heavy atom. The van der Waals surface area contributed by atoms with E-state index in [1.54, 1.807) is 6.92 Å². The second-order valence-corrected chi connectivity index (χ2v) is 7.85. The van der Waals surface area contributed by atoms with Crippen LogP contribution in [0.4, 0.5) is 5.69 Å². The molecule has 0 saturated carbocycles. The summed E-state index contributed by atoms with van der Waals surface area (Å²) < 4.78 is 7.07. The normalized spacial score (nSPS) is 10.9. The topological polar surface area (TPSA) is 102 Å². The highest BCUT2D eigenvalue weighted by Crippen LogP contribution is 2.25. The van der Waals surface area contributed by atoms with Gasteiger partial charge >= 0.3 is 17.8 Å². The number of esters is 1. The first kappa shape index (κ1) is 24.4. The van der Waals surface area contributed by atoms with Gasteiger partial charge in [0.1, 0.15) is 0 Å². The summed E-state index contributed by atoms with van der Waals surface area (Å²) in [6.45, 7) is 10.1. The lowest BCUT2D eigenvalue weighted by atomic mass is 10.1. The molecule has 3 rings (SSSR count). The molecule has 1 heterocycles. The van der Waals surface area contributed by atoms with Crippen LogP contribution in [0.3, 0.4) is 0 Å². The molecule has 176 valence electrons. The van der Waals surface area contributed by atoms with Crippen LogP contribution < -0.4 is 10.7 Å². The molecule has 0 aliphatic rings. The highest BCUT2D eigenvalue weighted by Gasteiger charge is 2.15. The van der Waals surface area contributed by atoms with Crippen LogP contribution in [0.25, 0.3) is 5.69 Å². The molecule has 0 radical (unpaired) electrons. The monoisotopic (exact) mass is 460 g/mol. The molecule has 0 aliphatic heterocycles. The van der Waals surface area contributed by atoms with Crippen LogP contribution >= 0.6 is 0 Å². The van der Waals surface area contributed by atoms with E-state index in [0.717, 1.165) is 33.8 Å². The average molecular weight is 461 g/mol. The van der Waals surface area contributed by atoms with Crippen molar-refractivity contribution in [3.8, 4) is 5.69 Å². The van der Waals surface area contributed by atoms with Gasteiger partial charge in [-0.2, -0.15) is 5.10 Å². The van der Waals surface area contributed by atoms with E-state index >= 15 is 0 Å². The number of nitrogens with one attached hydrogen (secondary N) is 2. The number of para-hydroxylation sites is 1. The minimum absolute atomic E-state index is 0.271. The third-order valence-electron chi connectivity index (χ3n) is 5.36. The summed E-state index contributed by atoms with van der Waals surface area (Å²) in [5.41, 5.74) is 9.25. The predicted molar refractivity (Wildman–Crippen MR) is 131 cm³/mol. The number of hydrazone groups is 1. The fourth-order valence-corrected chi connectivity index (χ4v) is 3.72. The average Bonchev–Trinajstić information content (AvgIpc) is 3.07. The number of carbonyl (C=O) groups is 3. The first-order valence-corrected chi connectivity index (χ1v) is 10.9. The summed E-state index contributed by atoms with van der Waals surface area (Å²) in [5, 5.41) is 6.42. The summed E-state index contributed by atoms with van der Waals surface area (Å²) in [6, 6.07) is 14.2. The van der Waals surface area contributed by atoms with E-state index in [0.29, 0.717) is 11.3 Å². The molecule has 0 unspecified atom stereocenters. The number of hydrogen-bond donors (Lipinski definition) is 2. The van der Waals surface area contributed by atoms with Crippen molar-refractivity contribution in [2.75, 3.05) is 11.9 Å². The number of amides is 2. The number of aryl methyl sites for hydroxylation is 3. The molecule has 1 aromatic heterocycles. The number of anilines is 1. The van der Waals surface area contributed by atoms with Gasteiger partial charge in [0.2, 0.25) is 0 Å². The van der Waals surface area contributed by atoms with Gasteiger partial charge in [-0.05, 0) is 76.1 Å². The Hall–Kier alpha value is -4.20. The van der Waals surface area contributed by atoms with Crippen LogP contribution in [0.15, 0.2) is 53.6 Å². The second-order valence-electron chi connectivity index (χ2n) is 7.85. The first-order valence-electron chi connectivity index (χ1n) is 10.9. The first-order chi connectivity index (χ1) is 16.2. The zero-order chi connectivity index (χ0) is 24.8. The van der Waals surface area contributed by atoms with Gasteiger partial charge in [0.05, 0.1) is 24.1 Å². The van der Waals surface area contributed by atoms with Gasteiger partial charge in [-0.15, -0.1) is 0 Å². The lowest BCUT2D eigenvalue weighted by molar-refractivity contribution is -0.136. The summed E-state index contributed by atoms with van der Waals surface area (Å²) >= 11 is 0. The number of benzene rings is 2. The molecular formula is C26H28N4O4.